The van der Waals surface area contributed by atoms with Gasteiger partial charge in [-0.2, -0.15) is 5.26 Å². The summed E-state index contributed by atoms with van der Waals surface area (Å²) >= 11 is 0. The van der Waals surface area contributed by atoms with Crippen LogP contribution in [0, 0.1) is 11.3 Å². The lowest BCUT2D eigenvalue weighted by Gasteiger charge is -2.27. The molecule has 8 heteroatoms. The van der Waals surface area contributed by atoms with E-state index in [2.05, 4.69) is 0 Å². The molecule has 3 aromatic rings. The SMILES string of the molecule is COc1ccc(/C(O)=C2/C(=O)C(=O)N(c3ccc(C#N)cc3)C2c2cccc(OC)c2OC)cc1. The number of ether oxygens (including phenoxy) is 3. The van der Waals surface area contributed by atoms with Crippen molar-refractivity contribution in [3.63, 3.8) is 0 Å². The second-order valence-corrected chi connectivity index (χ2v) is 7.64. The average molecular weight is 470 g/mol. The van der Waals surface area contributed by atoms with Gasteiger partial charge in [0.05, 0.1) is 44.6 Å². The summed E-state index contributed by atoms with van der Waals surface area (Å²) in [6.45, 7) is 0. The van der Waals surface area contributed by atoms with Gasteiger partial charge in [0.25, 0.3) is 11.7 Å². The molecular formula is C27H22N2O6. The third-order valence-corrected chi connectivity index (χ3v) is 5.81. The Labute approximate surface area is 202 Å². The zero-order valence-corrected chi connectivity index (χ0v) is 19.3. The topological polar surface area (TPSA) is 109 Å². The summed E-state index contributed by atoms with van der Waals surface area (Å²) in [6.07, 6.45) is 0. The van der Waals surface area contributed by atoms with E-state index in [9.17, 15) is 14.7 Å². The summed E-state index contributed by atoms with van der Waals surface area (Å²) in [5, 5.41) is 20.4. The molecule has 1 N–H and O–H groups in total. The number of nitriles is 1. The van der Waals surface area contributed by atoms with Crippen LogP contribution < -0.4 is 19.1 Å². The number of benzene rings is 3. The van der Waals surface area contributed by atoms with Gasteiger partial charge in [-0.05, 0) is 54.6 Å². The van der Waals surface area contributed by atoms with E-state index in [0.717, 1.165) is 0 Å². The molecule has 0 bridgehead atoms. The summed E-state index contributed by atoms with van der Waals surface area (Å²) in [7, 11) is 4.46. The highest BCUT2D eigenvalue weighted by atomic mass is 16.5. The van der Waals surface area contributed by atoms with Gasteiger partial charge in [-0.15, -0.1) is 0 Å². The molecule has 8 nitrogen and oxygen atoms in total. The van der Waals surface area contributed by atoms with Gasteiger partial charge in [0, 0.05) is 16.8 Å². The normalized spacial score (nSPS) is 16.6. The minimum absolute atomic E-state index is 0.101. The van der Waals surface area contributed by atoms with Gasteiger partial charge in [-0.3, -0.25) is 14.5 Å². The molecule has 0 aromatic heterocycles. The lowest BCUT2D eigenvalue weighted by Crippen LogP contribution is -2.29. The number of nitrogens with zero attached hydrogens (tertiary/aromatic N) is 2. The van der Waals surface area contributed by atoms with Crippen molar-refractivity contribution in [3.05, 3.63) is 89.0 Å². The Kier molecular flexibility index (Phi) is 6.42. The summed E-state index contributed by atoms with van der Waals surface area (Å²) in [5.41, 5.74) is 1.48. The minimum Gasteiger partial charge on any atom is -0.507 e. The summed E-state index contributed by atoms with van der Waals surface area (Å²) in [6, 6.07) is 18.9. The van der Waals surface area contributed by atoms with E-state index < -0.39 is 17.7 Å². The van der Waals surface area contributed by atoms with Crippen molar-refractivity contribution in [2.45, 2.75) is 6.04 Å². The van der Waals surface area contributed by atoms with E-state index in [4.69, 9.17) is 19.5 Å². The number of carbonyl (C=O) groups is 2. The Morgan fingerprint density at radius 3 is 2.17 bits per heavy atom. The lowest BCUT2D eigenvalue weighted by molar-refractivity contribution is -0.132. The molecule has 1 atom stereocenters. The summed E-state index contributed by atoms with van der Waals surface area (Å²) < 4.78 is 16.2. The molecule has 0 radical (unpaired) electrons. The van der Waals surface area contributed by atoms with Crippen LogP contribution in [0.25, 0.3) is 5.76 Å². The van der Waals surface area contributed by atoms with Crippen LogP contribution in [0.3, 0.4) is 0 Å². The zero-order chi connectivity index (χ0) is 25.1. The first-order valence-electron chi connectivity index (χ1n) is 10.6. The predicted molar refractivity (Wildman–Crippen MR) is 128 cm³/mol. The molecular weight excluding hydrogens is 448 g/mol. The quantitative estimate of drug-likeness (QED) is 0.326. The molecule has 35 heavy (non-hydrogen) atoms. The molecule has 4 rings (SSSR count). The second kappa shape index (κ2) is 9.61. The molecule has 1 aliphatic rings. The number of carbonyl (C=O) groups excluding carboxylic acids is 2. The number of hydrogen-bond acceptors (Lipinski definition) is 7. The third kappa shape index (κ3) is 4.04. The van der Waals surface area contributed by atoms with Crippen molar-refractivity contribution in [1.29, 1.82) is 5.26 Å². The largest absolute Gasteiger partial charge is 0.507 e. The molecule has 176 valence electrons. The molecule has 1 heterocycles. The highest BCUT2D eigenvalue weighted by Gasteiger charge is 2.48. The average Bonchev–Trinajstić information content (AvgIpc) is 3.17. The smallest absolute Gasteiger partial charge is 0.300 e. The van der Waals surface area contributed by atoms with Crippen LogP contribution in [-0.2, 0) is 9.59 Å². The Balaban J connectivity index is 1.98. The van der Waals surface area contributed by atoms with Crippen LogP contribution in [0.1, 0.15) is 22.7 Å². The van der Waals surface area contributed by atoms with Crippen LogP contribution in [0.15, 0.2) is 72.3 Å². The maximum Gasteiger partial charge on any atom is 0.300 e. The molecule has 1 unspecified atom stereocenters. The fraction of sp³-hybridized carbons (Fsp3) is 0.148. The fourth-order valence-electron chi connectivity index (χ4n) is 4.12. The monoisotopic (exact) mass is 470 g/mol. The molecule has 3 aromatic carbocycles. The van der Waals surface area contributed by atoms with Crippen LogP contribution in [0.4, 0.5) is 5.69 Å². The van der Waals surface area contributed by atoms with Crippen LogP contribution in [0.5, 0.6) is 17.2 Å². The number of rotatable bonds is 6. The van der Waals surface area contributed by atoms with E-state index in [-0.39, 0.29) is 11.3 Å². The number of hydrogen-bond donors (Lipinski definition) is 1. The van der Waals surface area contributed by atoms with Crippen molar-refractivity contribution in [3.8, 4) is 23.3 Å². The maximum atomic E-state index is 13.3. The first kappa shape index (κ1) is 23.4. The Morgan fingerprint density at radius 1 is 0.914 bits per heavy atom. The Hall–Kier alpha value is -4.77. The van der Waals surface area contributed by atoms with E-state index in [1.165, 1.54) is 26.2 Å². The molecule has 0 spiro atoms. The van der Waals surface area contributed by atoms with Gasteiger partial charge in [0.15, 0.2) is 11.5 Å². The zero-order valence-electron chi connectivity index (χ0n) is 19.3. The van der Waals surface area contributed by atoms with Gasteiger partial charge in [-0.1, -0.05) is 12.1 Å². The van der Waals surface area contributed by atoms with Crippen LogP contribution in [0.2, 0.25) is 0 Å². The minimum atomic E-state index is -1.02. The number of aliphatic hydroxyl groups excluding tert-OH is 1. The van der Waals surface area contributed by atoms with E-state index in [1.807, 2.05) is 6.07 Å². The number of amides is 1. The molecule has 1 aliphatic heterocycles. The van der Waals surface area contributed by atoms with Gasteiger partial charge in [0.2, 0.25) is 0 Å². The number of anilines is 1. The molecule has 1 fully saturated rings. The molecule has 0 aliphatic carbocycles. The van der Waals surface area contributed by atoms with Crippen molar-refractivity contribution < 1.29 is 28.9 Å². The van der Waals surface area contributed by atoms with Gasteiger partial charge in [-0.25, -0.2) is 0 Å². The van der Waals surface area contributed by atoms with Crippen LogP contribution >= 0.6 is 0 Å². The number of Topliss-reactive ketones (excluding diaryl/α,β-unsaturated/α-hetero) is 1. The molecule has 0 saturated carbocycles. The lowest BCUT2D eigenvalue weighted by atomic mass is 9.94. The second-order valence-electron chi connectivity index (χ2n) is 7.64. The summed E-state index contributed by atoms with van der Waals surface area (Å²) in [5.74, 6) is -0.708. The maximum absolute atomic E-state index is 13.3. The van der Waals surface area contributed by atoms with E-state index in [1.54, 1.807) is 66.7 Å². The Bertz CT molecular complexity index is 1350. The van der Waals surface area contributed by atoms with Crippen molar-refractivity contribution >= 4 is 23.1 Å². The first-order chi connectivity index (χ1) is 16.9. The standard InChI is InChI=1S/C27H22N2O6/c1-33-19-13-9-17(10-14-19)24(30)22-23(20-5-4-6-21(34-2)26(20)35-3)29(27(32)25(22)31)18-11-7-16(15-28)8-12-18/h4-14,23,30H,1-3H3/b24-22-. The van der Waals surface area contributed by atoms with Gasteiger partial charge < -0.3 is 19.3 Å². The van der Waals surface area contributed by atoms with Crippen molar-refractivity contribution in [2.75, 3.05) is 26.2 Å². The highest BCUT2D eigenvalue weighted by molar-refractivity contribution is 6.51. The first-order valence-corrected chi connectivity index (χ1v) is 10.6. The number of methoxy groups -OCH3 is 3. The van der Waals surface area contributed by atoms with Gasteiger partial charge in [0.1, 0.15) is 11.5 Å². The van der Waals surface area contributed by atoms with E-state index >= 15 is 0 Å². The van der Waals surface area contributed by atoms with Crippen molar-refractivity contribution in [2.24, 2.45) is 0 Å². The predicted octanol–water partition coefficient (Wildman–Crippen LogP) is 4.21. The number of para-hydroxylation sites is 1. The fourth-order valence-corrected chi connectivity index (χ4v) is 4.12. The summed E-state index contributed by atoms with van der Waals surface area (Å²) in [4.78, 5) is 27.9. The molecule has 1 saturated heterocycles. The van der Waals surface area contributed by atoms with Crippen molar-refractivity contribution in [1.82, 2.24) is 0 Å². The third-order valence-electron chi connectivity index (χ3n) is 5.81. The number of ketones is 1. The van der Waals surface area contributed by atoms with Crippen LogP contribution in [-0.4, -0.2) is 38.1 Å². The van der Waals surface area contributed by atoms with Gasteiger partial charge >= 0.3 is 0 Å². The molecule has 1 amide bonds. The van der Waals surface area contributed by atoms with E-state index in [0.29, 0.717) is 39.6 Å². The highest BCUT2D eigenvalue weighted by Crippen LogP contribution is 2.47. The number of aliphatic hydroxyl groups is 1. The Morgan fingerprint density at radius 2 is 1.60 bits per heavy atom.